The Balaban J connectivity index is 1.43. The lowest BCUT2D eigenvalue weighted by molar-refractivity contribution is 0.0955. The van der Waals surface area contributed by atoms with Crippen LogP contribution in [0.25, 0.3) is 0 Å². The van der Waals surface area contributed by atoms with Crippen molar-refractivity contribution in [3.05, 3.63) is 95.1 Å². The zero-order valence-electron chi connectivity index (χ0n) is 15.6. The van der Waals surface area contributed by atoms with E-state index in [1.165, 1.54) is 11.1 Å². The molecule has 0 saturated carbocycles. The average Bonchev–Trinajstić information content (AvgIpc) is 3.18. The number of carbonyl (C=O) groups excluding carboxylic acids is 1. The van der Waals surface area contributed by atoms with E-state index in [1.54, 1.807) is 19.4 Å². The number of hydrogen-bond donors (Lipinski definition) is 1. The highest BCUT2D eigenvalue weighted by atomic mass is 16.5. The van der Waals surface area contributed by atoms with Crippen molar-refractivity contribution in [3.8, 4) is 5.75 Å². The fraction of sp³-hybridized carbons (Fsp3) is 0.130. The molecule has 1 aliphatic rings. The van der Waals surface area contributed by atoms with E-state index in [-0.39, 0.29) is 5.91 Å². The van der Waals surface area contributed by atoms with E-state index in [0.717, 1.165) is 30.1 Å². The summed E-state index contributed by atoms with van der Waals surface area (Å²) < 4.78 is 5.18. The number of amides is 1. The molecule has 5 nitrogen and oxygen atoms in total. The summed E-state index contributed by atoms with van der Waals surface area (Å²) in [6.07, 6.45) is 1.60. The van der Waals surface area contributed by atoms with Gasteiger partial charge < -0.3 is 9.64 Å². The lowest BCUT2D eigenvalue weighted by atomic mass is 10.1. The Hall–Kier alpha value is -3.60. The number of hydrazone groups is 1. The lowest BCUT2D eigenvalue weighted by Crippen LogP contribution is -2.19. The zero-order valence-corrected chi connectivity index (χ0v) is 15.6. The van der Waals surface area contributed by atoms with Gasteiger partial charge in [0.1, 0.15) is 5.75 Å². The fourth-order valence-corrected chi connectivity index (χ4v) is 3.31. The molecule has 4 rings (SSSR count). The first kappa shape index (κ1) is 17.8. The highest BCUT2D eigenvalue weighted by molar-refractivity contribution is 5.95. The number of hydrogen-bond acceptors (Lipinski definition) is 4. The van der Waals surface area contributed by atoms with Crippen LogP contribution in [-0.2, 0) is 13.1 Å². The summed E-state index contributed by atoms with van der Waals surface area (Å²) in [6, 6.07) is 23.5. The molecular formula is C23H21N3O2. The molecule has 3 aromatic carbocycles. The van der Waals surface area contributed by atoms with Crippen molar-refractivity contribution >= 4 is 17.8 Å². The molecule has 0 spiro atoms. The van der Waals surface area contributed by atoms with Gasteiger partial charge in [-0.1, -0.05) is 42.5 Å². The maximum Gasteiger partial charge on any atom is 0.271 e. The van der Waals surface area contributed by atoms with Crippen LogP contribution in [0.3, 0.4) is 0 Å². The largest absolute Gasteiger partial charge is 0.497 e. The topological polar surface area (TPSA) is 53.9 Å². The van der Waals surface area contributed by atoms with Gasteiger partial charge in [-0.2, -0.15) is 5.10 Å². The number of anilines is 1. The summed E-state index contributed by atoms with van der Waals surface area (Å²) in [5.41, 5.74) is 7.72. The molecule has 28 heavy (non-hydrogen) atoms. The molecule has 5 heteroatoms. The summed E-state index contributed by atoms with van der Waals surface area (Å²) in [5, 5.41) is 4.06. The van der Waals surface area contributed by atoms with Crippen LogP contribution in [0.2, 0.25) is 0 Å². The molecule has 140 valence electrons. The Morgan fingerprint density at radius 3 is 2.50 bits per heavy atom. The number of rotatable bonds is 5. The summed E-state index contributed by atoms with van der Waals surface area (Å²) >= 11 is 0. The van der Waals surface area contributed by atoms with E-state index in [9.17, 15) is 4.79 Å². The number of nitrogens with one attached hydrogen (secondary N) is 1. The lowest BCUT2D eigenvalue weighted by Gasteiger charge is -2.18. The van der Waals surface area contributed by atoms with Crippen molar-refractivity contribution in [1.82, 2.24) is 5.43 Å². The third kappa shape index (κ3) is 3.88. The second-order valence-electron chi connectivity index (χ2n) is 6.65. The van der Waals surface area contributed by atoms with Gasteiger partial charge in [-0.05, 0) is 47.0 Å². The van der Waals surface area contributed by atoms with Crippen LogP contribution in [0.4, 0.5) is 5.69 Å². The SMILES string of the molecule is COc1cccc(/C=N\NC(=O)c2cccc(N3Cc4ccccc4C3)c2)c1. The van der Waals surface area contributed by atoms with Gasteiger partial charge in [0.2, 0.25) is 0 Å². The predicted molar refractivity (Wildman–Crippen MR) is 111 cm³/mol. The Bertz CT molecular complexity index is 1000. The molecule has 0 aliphatic carbocycles. The summed E-state index contributed by atoms with van der Waals surface area (Å²) in [5.74, 6) is 0.507. The van der Waals surface area contributed by atoms with Gasteiger partial charge in [0.25, 0.3) is 5.91 Å². The first-order chi connectivity index (χ1) is 13.7. The highest BCUT2D eigenvalue weighted by Gasteiger charge is 2.19. The molecule has 1 heterocycles. The monoisotopic (exact) mass is 371 g/mol. The van der Waals surface area contributed by atoms with Crippen molar-refractivity contribution in [2.75, 3.05) is 12.0 Å². The normalized spacial score (nSPS) is 12.8. The van der Waals surface area contributed by atoms with Crippen molar-refractivity contribution in [1.29, 1.82) is 0 Å². The molecule has 1 N–H and O–H groups in total. The van der Waals surface area contributed by atoms with Gasteiger partial charge in [-0.3, -0.25) is 4.79 Å². The summed E-state index contributed by atoms with van der Waals surface area (Å²) in [7, 11) is 1.61. The molecular weight excluding hydrogens is 350 g/mol. The van der Waals surface area contributed by atoms with Crippen LogP contribution in [0, 0.1) is 0 Å². The van der Waals surface area contributed by atoms with Crippen molar-refractivity contribution in [3.63, 3.8) is 0 Å². The van der Waals surface area contributed by atoms with Gasteiger partial charge in [-0.25, -0.2) is 5.43 Å². The van der Waals surface area contributed by atoms with Crippen LogP contribution >= 0.6 is 0 Å². The average molecular weight is 371 g/mol. The van der Waals surface area contributed by atoms with E-state index in [1.807, 2.05) is 42.5 Å². The van der Waals surface area contributed by atoms with E-state index in [0.29, 0.717) is 5.56 Å². The predicted octanol–water partition coefficient (Wildman–Crippen LogP) is 3.98. The van der Waals surface area contributed by atoms with Crippen LogP contribution < -0.4 is 15.1 Å². The maximum absolute atomic E-state index is 12.5. The van der Waals surface area contributed by atoms with E-state index in [4.69, 9.17) is 4.74 Å². The Kier molecular flexibility index (Phi) is 5.06. The van der Waals surface area contributed by atoms with E-state index >= 15 is 0 Å². The fourth-order valence-electron chi connectivity index (χ4n) is 3.31. The molecule has 0 fully saturated rings. The molecule has 0 saturated heterocycles. The number of ether oxygens (including phenoxy) is 1. The molecule has 0 unspecified atom stereocenters. The number of methoxy groups -OCH3 is 1. The quantitative estimate of drug-likeness (QED) is 0.545. The number of nitrogens with zero attached hydrogens (tertiary/aromatic N) is 2. The van der Waals surface area contributed by atoms with Crippen LogP contribution in [0.5, 0.6) is 5.75 Å². The van der Waals surface area contributed by atoms with Gasteiger partial charge in [-0.15, -0.1) is 0 Å². The van der Waals surface area contributed by atoms with Crippen LogP contribution in [0.15, 0.2) is 77.9 Å². The maximum atomic E-state index is 12.5. The minimum absolute atomic E-state index is 0.238. The first-order valence-electron chi connectivity index (χ1n) is 9.12. The van der Waals surface area contributed by atoms with Crippen molar-refractivity contribution in [2.24, 2.45) is 5.10 Å². The standard InChI is InChI=1S/C23H21N3O2/c1-28-22-11-4-6-17(12-22)14-24-25-23(27)18-9-5-10-21(13-18)26-15-19-7-2-3-8-20(19)16-26/h2-14H,15-16H2,1H3,(H,25,27)/b24-14-. The molecule has 0 radical (unpaired) electrons. The molecule has 0 aromatic heterocycles. The Labute approximate surface area is 164 Å². The second kappa shape index (κ2) is 7.96. The third-order valence-electron chi connectivity index (χ3n) is 4.79. The van der Waals surface area contributed by atoms with E-state index in [2.05, 4.69) is 39.7 Å². The zero-order chi connectivity index (χ0) is 19.3. The third-order valence-corrected chi connectivity index (χ3v) is 4.79. The smallest absolute Gasteiger partial charge is 0.271 e. The van der Waals surface area contributed by atoms with Crippen molar-refractivity contribution < 1.29 is 9.53 Å². The van der Waals surface area contributed by atoms with Gasteiger partial charge in [0.05, 0.1) is 13.3 Å². The van der Waals surface area contributed by atoms with Gasteiger partial charge in [0.15, 0.2) is 0 Å². The highest BCUT2D eigenvalue weighted by Crippen LogP contribution is 2.28. The number of carbonyl (C=O) groups is 1. The summed E-state index contributed by atoms with van der Waals surface area (Å²) in [4.78, 5) is 14.7. The minimum Gasteiger partial charge on any atom is -0.497 e. The summed E-state index contributed by atoms with van der Waals surface area (Å²) in [6.45, 7) is 1.71. The second-order valence-corrected chi connectivity index (χ2v) is 6.65. The minimum atomic E-state index is -0.238. The molecule has 0 bridgehead atoms. The van der Waals surface area contributed by atoms with Crippen molar-refractivity contribution in [2.45, 2.75) is 13.1 Å². The molecule has 1 aliphatic heterocycles. The number of benzene rings is 3. The van der Waals surface area contributed by atoms with Gasteiger partial charge in [0, 0.05) is 24.3 Å². The Morgan fingerprint density at radius 2 is 1.75 bits per heavy atom. The molecule has 1 amide bonds. The Morgan fingerprint density at radius 1 is 1.00 bits per heavy atom. The number of fused-ring (bicyclic) bond motifs is 1. The molecule has 3 aromatic rings. The first-order valence-corrected chi connectivity index (χ1v) is 9.12. The van der Waals surface area contributed by atoms with E-state index < -0.39 is 0 Å². The van der Waals surface area contributed by atoms with Crippen LogP contribution in [0.1, 0.15) is 27.0 Å². The molecule has 0 atom stereocenters. The van der Waals surface area contributed by atoms with Gasteiger partial charge >= 0.3 is 0 Å². The van der Waals surface area contributed by atoms with Crippen LogP contribution in [-0.4, -0.2) is 19.2 Å².